The molecule has 1 aliphatic heterocycles. The molecule has 0 aromatic heterocycles. The van der Waals surface area contributed by atoms with Crippen LogP contribution >= 0.6 is 11.8 Å². The molecule has 18 heavy (non-hydrogen) atoms. The highest BCUT2D eigenvalue weighted by Crippen LogP contribution is 2.21. The second kappa shape index (κ2) is 9.22. The minimum Gasteiger partial charge on any atom is -0.315 e. The van der Waals surface area contributed by atoms with E-state index in [0.29, 0.717) is 0 Å². The van der Waals surface area contributed by atoms with E-state index in [1.165, 1.54) is 89.2 Å². The molecular formula is C15H30N2S. The average Bonchev–Trinajstić information content (AvgIpc) is 2.38. The van der Waals surface area contributed by atoms with Gasteiger partial charge >= 0.3 is 0 Å². The average molecular weight is 270 g/mol. The van der Waals surface area contributed by atoms with E-state index < -0.39 is 0 Å². The van der Waals surface area contributed by atoms with Crippen LogP contribution in [0.25, 0.3) is 0 Å². The molecule has 1 heterocycles. The topological polar surface area (TPSA) is 15.3 Å². The molecule has 0 unspecified atom stereocenters. The number of nitrogens with one attached hydrogen (secondary N) is 1. The first-order chi connectivity index (χ1) is 8.95. The Bertz CT molecular complexity index is 197. The molecule has 2 aliphatic rings. The molecule has 0 aromatic rings. The number of thioether (sulfide) groups is 1. The minimum absolute atomic E-state index is 0.960. The zero-order valence-corrected chi connectivity index (χ0v) is 12.6. The van der Waals surface area contributed by atoms with E-state index in [0.717, 1.165) is 5.92 Å². The van der Waals surface area contributed by atoms with Crippen molar-refractivity contribution >= 4 is 11.8 Å². The summed E-state index contributed by atoms with van der Waals surface area (Å²) in [6.07, 6.45) is 10.3. The maximum Gasteiger partial charge on any atom is 0.0107 e. The first-order valence-corrected chi connectivity index (χ1v) is 9.11. The minimum atomic E-state index is 0.960. The van der Waals surface area contributed by atoms with Crippen molar-refractivity contribution in [2.45, 2.75) is 44.9 Å². The molecule has 1 N–H and O–H groups in total. The van der Waals surface area contributed by atoms with Gasteiger partial charge in [0.1, 0.15) is 0 Å². The van der Waals surface area contributed by atoms with Crippen molar-refractivity contribution in [1.82, 2.24) is 10.2 Å². The fourth-order valence-electron chi connectivity index (χ4n) is 3.11. The Labute approximate surface area is 117 Å². The molecule has 0 amide bonds. The lowest BCUT2D eigenvalue weighted by Crippen LogP contribution is -2.38. The smallest absolute Gasteiger partial charge is 0.0107 e. The van der Waals surface area contributed by atoms with Gasteiger partial charge in [-0.1, -0.05) is 32.1 Å². The van der Waals surface area contributed by atoms with E-state index >= 15 is 0 Å². The maximum atomic E-state index is 3.70. The van der Waals surface area contributed by atoms with Crippen LogP contribution in [0.15, 0.2) is 0 Å². The quantitative estimate of drug-likeness (QED) is 0.773. The SMILES string of the molecule is C1CCCC(CNCCN2CCSCC2)CCC1. The zero-order valence-electron chi connectivity index (χ0n) is 11.8. The molecule has 2 nitrogen and oxygen atoms in total. The van der Waals surface area contributed by atoms with Crippen LogP contribution in [0.4, 0.5) is 0 Å². The molecule has 3 heteroatoms. The highest BCUT2D eigenvalue weighted by Gasteiger charge is 2.12. The fourth-order valence-corrected chi connectivity index (χ4v) is 4.09. The number of rotatable bonds is 5. The summed E-state index contributed by atoms with van der Waals surface area (Å²) in [7, 11) is 0. The van der Waals surface area contributed by atoms with Crippen LogP contribution in [0.5, 0.6) is 0 Å². The summed E-state index contributed by atoms with van der Waals surface area (Å²) < 4.78 is 0. The van der Waals surface area contributed by atoms with Crippen molar-refractivity contribution in [1.29, 1.82) is 0 Å². The van der Waals surface area contributed by atoms with Crippen LogP contribution in [-0.4, -0.2) is 49.1 Å². The first kappa shape index (κ1) is 14.7. The molecule has 1 saturated carbocycles. The predicted molar refractivity (Wildman–Crippen MR) is 82.4 cm³/mol. The Morgan fingerprint density at radius 1 is 0.944 bits per heavy atom. The van der Waals surface area contributed by atoms with Crippen molar-refractivity contribution in [3.05, 3.63) is 0 Å². The van der Waals surface area contributed by atoms with Crippen molar-refractivity contribution in [3.63, 3.8) is 0 Å². The van der Waals surface area contributed by atoms with E-state index in [4.69, 9.17) is 0 Å². The van der Waals surface area contributed by atoms with Gasteiger partial charge in [0.15, 0.2) is 0 Å². The highest BCUT2D eigenvalue weighted by atomic mass is 32.2. The monoisotopic (exact) mass is 270 g/mol. The van der Waals surface area contributed by atoms with Crippen LogP contribution in [0.2, 0.25) is 0 Å². The van der Waals surface area contributed by atoms with E-state index in [9.17, 15) is 0 Å². The molecule has 1 saturated heterocycles. The molecule has 2 rings (SSSR count). The van der Waals surface area contributed by atoms with Gasteiger partial charge in [-0.15, -0.1) is 0 Å². The Kier molecular flexibility index (Phi) is 7.51. The van der Waals surface area contributed by atoms with Crippen LogP contribution in [0.3, 0.4) is 0 Å². The summed E-state index contributed by atoms with van der Waals surface area (Å²) in [6.45, 7) is 6.32. The van der Waals surface area contributed by atoms with Gasteiger partial charge in [0.25, 0.3) is 0 Å². The molecule has 2 fully saturated rings. The summed E-state index contributed by atoms with van der Waals surface area (Å²) in [6, 6.07) is 0. The molecule has 0 spiro atoms. The van der Waals surface area contributed by atoms with Gasteiger partial charge < -0.3 is 10.2 Å². The normalized spacial score (nSPS) is 24.7. The predicted octanol–water partition coefficient (Wildman–Crippen LogP) is 2.99. The summed E-state index contributed by atoms with van der Waals surface area (Å²) >= 11 is 2.10. The van der Waals surface area contributed by atoms with Crippen LogP contribution in [0, 0.1) is 5.92 Å². The maximum absolute atomic E-state index is 3.70. The van der Waals surface area contributed by atoms with Crippen molar-refractivity contribution < 1.29 is 0 Å². The molecule has 106 valence electrons. The van der Waals surface area contributed by atoms with Crippen LogP contribution in [-0.2, 0) is 0 Å². The third kappa shape index (κ3) is 5.94. The van der Waals surface area contributed by atoms with E-state index in [1.54, 1.807) is 0 Å². The summed E-state index contributed by atoms with van der Waals surface area (Å²) in [4.78, 5) is 2.61. The second-order valence-electron chi connectivity index (χ2n) is 5.87. The third-order valence-electron chi connectivity index (χ3n) is 4.37. The lowest BCUT2D eigenvalue weighted by molar-refractivity contribution is 0.292. The molecule has 0 bridgehead atoms. The second-order valence-corrected chi connectivity index (χ2v) is 7.09. The Balaban J connectivity index is 1.50. The standard InChI is InChI=1S/C15H30N2S/c1-2-4-6-15(7-5-3-1)14-16-8-9-17-10-12-18-13-11-17/h15-16H,1-14H2. The summed E-state index contributed by atoms with van der Waals surface area (Å²) in [5.74, 6) is 3.63. The lowest BCUT2D eigenvalue weighted by atomic mass is 9.91. The van der Waals surface area contributed by atoms with Gasteiger partial charge in [-0.25, -0.2) is 0 Å². The molecular weight excluding hydrogens is 240 g/mol. The van der Waals surface area contributed by atoms with Gasteiger partial charge in [0.05, 0.1) is 0 Å². The molecule has 1 aliphatic carbocycles. The Morgan fingerprint density at radius 2 is 1.61 bits per heavy atom. The first-order valence-electron chi connectivity index (χ1n) is 7.96. The zero-order chi connectivity index (χ0) is 12.5. The molecule has 0 atom stereocenters. The number of hydrogen-bond acceptors (Lipinski definition) is 3. The Morgan fingerprint density at radius 3 is 2.33 bits per heavy atom. The molecule has 0 aromatic carbocycles. The van der Waals surface area contributed by atoms with Crippen molar-refractivity contribution in [2.75, 3.05) is 44.2 Å². The highest BCUT2D eigenvalue weighted by molar-refractivity contribution is 7.99. The Hall–Kier alpha value is 0.270. The summed E-state index contributed by atoms with van der Waals surface area (Å²) in [5.41, 5.74) is 0. The molecule has 0 radical (unpaired) electrons. The van der Waals surface area contributed by atoms with E-state index in [1.807, 2.05) is 0 Å². The van der Waals surface area contributed by atoms with E-state index in [2.05, 4.69) is 22.0 Å². The van der Waals surface area contributed by atoms with Gasteiger partial charge in [-0.3, -0.25) is 0 Å². The fraction of sp³-hybridized carbons (Fsp3) is 1.00. The van der Waals surface area contributed by atoms with Crippen molar-refractivity contribution in [2.24, 2.45) is 5.92 Å². The number of nitrogens with zero attached hydrogens (tertiary/aromatic N) is 1. The number of hydrogen-bond donors (Lipinski definition) is 1. The van der Waals surface area contributed by atoms with Gasteiger partial charge in [0.2, 0.25) is 0 Å². The van der Waals surface area contributed by atoms with Gasteiger partial charge in [-0.05, 0) is 25.3 Å². The van der Waals surface area contributed by atoms with Gasteiger partial charge in [-0.2, -0.15) is 11.8 Å². The van der Waals surface area contributed by atoms with E-state index in [-0.39, 0.29) is 0 Å². The van der Waals surface area contributed by atoms with Gasteiger partial charge in [0, 0.05) is 37.7 Å². The largest absolute Gasteiger partial charge is 0.315 e. The van der Waals surface area contributed by atoms with Crippen molar-refractivity contribution in [3.8, 4) is 0 Å². The third-order valence-corrected chi connectivity index (χ3v) is 5.31. The lowest BCUT2D eigenvalue weighted by Gasteiger charge is -2.26. The van der Waals surface area contributed by atoms with Crippen LogP contribution in [0.1, 0.15) is 44.9 Å². The van der Waals surface area contributed by atoms with Crippen LogP contribution < -0.4 is 5.32 Å². The summed E-state index contributed by atoms with van der Waals surface area (Å²) in [5, 5.41) is 3.70.